The van der Waals surface area contributed by atoms with Gasteiger partial charge in [0.25, 0.3) is 0 Å². The van der Waals surface area contributed by atoms with Crippen molar-refractivity contribution in [2.24, 2.45) is 0 Å². The van der Waals surface area contributed by atoms with Crippen LogP contribution in [0.5, 0.6) is 0 Å². The molecule has 4 heteroatoms. The molecule has 0 bridgehead atoms. The van der Waals surface area contributed by atoms with Gasteiger partial charge >= 0.3 is 0 Å². The molecule has 2 N–H and O–H groups in total. The van der Waals surface area contributed by atoms with Crippen molar-refractivity contribution in [3.8, 4) is 0 Å². The van der Waals surface area contributed by atoms with Crippen LogP contribution in [0.15, 0.2) is 18.2 Å². The largest absolute Gasteiger partial charge is 0.395 e. The Morgan fingerprint density at radius 1 is 1.38 bits per heavy atom. The number of hydrogen-bond donors (Lipinski definition) is 2. The van der Waals surface area contributed by atoms with Gasteiger partial charge in [-0.15, -0.1) is 0 Å². The lowest BCUT2D eigenvalue weighted by Gasteiger charge is -2.21. The Hall–Kier alpha value is -1.00. The quantitative estimate of drug-likeness (QED) is 0.812. The summed E-state index contributed by atoms with van der Waals surface area (Å²) < 4.78 is 26.2. The highest BCUT2D eigenvalue weighted by atomic mass is 19.1. The second kappa shape index (κ2) is 5.92. The molecule has 1 aromatic carbocycles. The maximum Gasteiger partial charge on any atom is 0.130 e. The van der Waals surface area contributed by atoms with Crippen molar-refractivity contribution in [3.05, 3.63) is 35.4 Å². The number of benzene rings is 1. The van der Waals surface area contributed by atoms with E-state index in [1.54, 1.807) is 0 Å². The SMILES string of the molecule is CCC(NC(C)CO)c1ccc(F)cc1F. The van der Waals surface area contributed by atoms with E-state index in [1.165, 1.54) is 12.1 Å². The average Bonchev–Trinajstić information content (AvgIpc) is 2.26. The highest BCUT2D eigenvalue weighted by Gasteiger charge is 2.16. The van der Waals surface area contributed by atoms with Crippen LogP contribution in [0.4, 0.5) is 8.78 Å². The van der Waals surface area contributed by atoms with Gasteiger partial charge in [0.15, 0.2) is 0 Å². The molecule has 0 amide bonds. The van der Waals surface area contributed by atoms with Crippen molar-refractivity contribution in [1.82, 2.24) is 5.32 Å². The summed E-state index contributed by atoms with van der Waals surface area (Å²) in [5.41, 5.74) is 0.434. The van der Waals surface area contributed by atoms with Gasteiger partial charge < -0.3 is 10.4 Å². The van der Waals surface area contributed by atoms with E-state index in [9.17, 15) is 8.78 Å². The molecule has 0 heterocycles. The number of rotatable bonds is 5. The van der Waals surface area contributed by atoms with Crippen molar-refractivity contribution >= 4 is 0 Å². The van der Waals surface area contributed by atoms with Crippen LogP contribution < -0.4 is 5.32 Å². The highest BCUT2D eigenvalue weighted by Crippen LogP contribution is 2.21. The average molecular weight is 229 g/mol. The smallest absolute Gasteiger partial charge is 0.130 e. The van der Waals surface area contributed by atoms with E-state index >= 15 is 0 Å². The minimum atomic E-state index is -0.577. The molecule has 0 saturated carbocycles. The molecule has 0 aliphatic carbocycles. The number of hydrogen-bond acceptors (Lipinski definition) is 2. The van der Waals surface area contributed by atoms with E-state index < -0.39 is 11.6 Å². The third-order valence-corrected chi connectivity index (χ3v) is 2.51. The molecule has 2 nitrogen and oxygen atoms in total. The van der Waals surface area contributed by atoms with Gasteiger partial charge in [0.2, 0.25) is 0 Å². The minimum absolute atomic E-state index is 0.0146. The summed E-state index contributed by atoms with van der Waals surface area (Å²) in [4.78, 5) is 0. The number of aliphatic hydroxyl groups is 1. The number of halogens is 2. The summed E-state index contributed by atoms with van der Waals surface area (Å²) in [5, 5.41) is 12.0. The van der Waals surface area contributed by atoms with Gasteiger partial charge in [0, 0.05) is 23.7 Å². The molecule has 2 atom stereocenters. The first-order valence-corrected chi connectivity index (χ1v) is 5.40. The van der Waals surface area contributed by atoms with Crippen LogP contribution >= 0.6 is 0 Å². The fraction of sp³-hybridized carbons (Fsp3) is 0.500. The van der Waals surface area contributed by atoms with Gasteiger partial charge in [-0.25, -0.2) is 8.78 Å². The predicted octanol–water partition coefficient (Wildman–Crippen LogP) is 2.39. The molecule has 0 fully saturated rings. The van der Waals surface area contributed by atoms with Crippen LogP contribution in [0.2, 0.25) is 0 Å². The maximum absolute atomic E-state index is 13.5. The van der Waals surface area contributed by atoms with Gasteiger partial charge in [-0.05, 0) is 19.4 Å². The molecule has 0 aliphatic rings. The minimum Gasteiger partial charge on any atom is -0.395 e. The Labute approximate surface area is 94.3 Å². The van der Waals surface area contributed by atoms with Gasteiger partial charge in [0.05, 0.1) is 6.61 Å². The summed E-state index contributed by atoms with van der Waals surface area (Å²) in [6, 6.07) is 3.24. The molecule has 16 heavy (non-hydrogen) atoms. The molecule has 90 valence electrons. The van der Waals surface area contributed by atoms with Crippen LogP contribution in [-0.2, 0) is 0 Å². The van der Waals surface area contributed by atoms with E-state index in [-0.39, 0.29) is 18.7 Å². The van der Waals surface area contributed by atoms with Crippen molar-refractivity contribution in [3.63, 3.8) is 0 Å². The summed E-state index contributed by atoms with van der Waals surface area (Å²) >= 11 is 0. The zero-order valence-electron chi connectivity index (χ0n) is 9.50. The molecule has 0 radical (unpaired) electrons. The molecule has 0 aliphatic heterocycles. The molecule has 2 unspecified atom stereocenters. The summed E-state index contributed by atoms with van der Waals surface area (Å²) in [6.45, 7) is 3.70. The van der Waals surface area contributed by atoms with Gasteiger partial charge in [-0.3, -0.25) is 0 Å². The van der Waals surface area contributed by atoms with E-state index in [0.29, 0.717) is 12.0 Å². The Kier molecular flexibility index (Phi) is 4.83. The van der Waals surface area contributed by atoms with Crippen LogP contribution in [0, 0.1) is 11.6 Å². The topological polar surface area (TPSA) is 32.3 Å². The zero-order valence-corrected chi connectivity index (χ0v) is 9.50. The molecule has 1 aromatic rings. The third-order valence-electron chi connectivity index (χ3n) is 2.51. The maximum atomic E-state index is 13.5. The molecule has 0 saturated heterocycles. The lowest BCUT2D eigenvalue weighted by Crippen LogP contribution is -2.33. The van der Waals surface area contributed by atoms with Gasteiger partial charge in [-0.2, -0.15) is 0 Å². The fourth-order valence-electron chi connectivity index (χ4n) is 1.61. The second-order valence-electron chi connectivity index (χ2n) is 3.88. The summed E-state index contributed by atoms with van der Waals surface area (Å²) in [6.07, 6.45) is 0.674. The monoisotopic (exact) mass is 229 g/mol. The first-order valence-electron chi connectivity index (χ1n) is 5.40. The molecular weight excluding hydrogens is 212 g/mol. The van der Waals surface area contributed by atoms with Crippen LogP contribution in [0.25, 0.3) is 0 Å². The van der Waals surface area contributed by atoms with Crippen LogP contribution in [0.3, 0.4) is 0 Å². The number of nitrogens with one attached hydrogen (secondary N) is 1. The Morgan fingerprint density at radius 2 is 2.06 bits per heavy atom. The Bertz CT molecular complexity index is 344. The van der Waals surface area contributed by atoms with Crippen molar-refractivity contribution in [1.29, 1.82) is 0 Å². The van der Waals surface area contributed by atoms with Crippen LogP contribution in [0.1, 0.15) is 31.9 Å². The molecule has 0 aromatic heterocycles. The Morgan fingerprint density at radius 3 is 2.56 bits per heavy atom. The first-order chi connectivity index (χ1) is 7.58. The number of aliphatic hydroxyl groups excluding tert-OH is 1. The van der Waals surface area contributed by atoms with E-state index in [2.05, 4.69) is 5.32 Å². The Balaban J connectivity index is 2.86. The van der Waals surface area contributed by atoms with E-state index in [4.69, 9.17) is 5.11 Å². The second-order valence-corrected chi connectivity index (χ2v) is 3.88. The third kappa shape index (κ3) is 3.25. The molecule has 0 spiro atoms. The van der Waals surface area contributed by atoms with Gasteiger partial charge in [0.1, 0.15) is 11.6 Å². The zero-order chi connectivity index (χ0) is 12.1. The summed E-state index contributed by atoms with van der Waals surface area (Å²) in [7, 11) is 0. The van der Waals surface area contributed by atoms with Crippen molar-refractivity contribution in [2.45, 2.75) is 32.4 Å². The van der Waals surface area contributed by atoms with Gasteiger partial charge in [-0.1, -0.05) is 13.0 Å². The lowest BCUT2D eigenvalue weighted by molar-refractivity contribution is 0.238. The standard InChI is InChI=1S/C12H17F2NO/c1-3-12(15-8(2)7-16)10-5-4-9(13)6-11(10)14/h4-6,8,12,15-16H,3,7H2,1-2H3. The first kappa shape index (κ1) is 13.1. The highest BCUT2D eigenvalue weighted by molar-refractivity contribution is 5.22. The van der Waals surface area contributed by atoms with Crippen molar-refractivity contribution in [2.75, 3.05) is 6.61 Å². The lowest BCUT2D eigenvalue weighted by atomic mass is 10.0. The summed E-state index contributed by atoms with van der Waals surface area (Å²) in [5.74, 6) is -1.13. The van der Waals surface area contributed by atoms with Crippen molar-refractivity contribution < 1.29 is 13.9 Å². The molecule has 1 rings (SSSR count). The predicted molar refractivity (Wildman–Crippen MR) is 59.1 cm³/mol. The van der Waals surface area contributed by atoms with E-state index in [1.807, 2.05) is 13.8 Å². The van der Waals surface area contributed by atoms with Crippen LogP contribution in [-0.4, -0.2) is 17.8 Å². The van der Waals surface area contributed by atoms with E-state index in [0.717, 1.165) is 6.07 Å². The normalized spacial score (nSPS) is 14.8. The fourth-order valence-corrected chi connectivity index (χ4v) is 1.61. The molecular formula is C12H17F2NO.